The Labute approximate surface area is 104 Å². The summed E-state index contributed by atoms with van der Waals surface area (Å²) in [4.78, 5) is 0. The van der Waals surface area contributed by atoms with Crippen LogP contribution in [0.5, 0.6) is 5.75 Å². The number of fused-ring (bicyclic) bond motifs is 1. The third kappa shape index (κ3) is 3.22. The van der Waals surface area contributed by atoms with E-state index in [2.05, 4.69) is 39.0 Å². The lowest BCUT2D eigenvalue weighted by Gasteiger charge is -2.32. The summed E-state index contributed by atoms with van der Waals surface area (Å²) in [5.74, 6) is 1.06. The Bertz CT molecular complexity index is 396. The second-order valence-electron chi connectivity index (χ2n) is 5.82. The van der Waals surface area contributed by atoms with Crippen LogP contribution in [0.2, 0.25) is 0 Å². The van der Waals surface area contributed by atoms with Crippen molar-refractivity contribution in [3.05, 3.63) is 29.3 Å². The molecule has 2 nitrogen and oxygen atoms in total. The largest absolute Gasteiger partial charge is 0.488 e. The van der Waals surface area contributed by atoms with Crippen molar-refractivity contribution in [3.63, 3.8) is 0 Å². The number of hydrogen-bond acceptors (Lipinski definition) is 2. The van der Waals surface area contributed by atoms with Crippen LogP contribution < -0.4 is 10.5 Å². The molecule has 1 aromatic carbocycles. The molecule has 94 valence electrons. The summed E-state index contributed by atoms with van der Waals surface area (Å²) in [5, 5.41) is 0. The monoisotopic (exact) mass is 233 g/mol. The lowest BCUT2D eigenvalue weighted by atomic mass is 9.92. The Hall–Kier alpha value is -1.02. The molecule has 0 spiro atoms. The van der Waals surface area contributed by atoms with Gasteiger partial charge in [0.15, 0.2) is 0 Å². The summed E-state index contributed by atoms with van der Waals surface area (Å²) in [6, 6.07) is 6.85. The number of nitrogens with two attached hydrogens (primary N) is 1. The molecule has 1 aliphatic heterocycles. The first kappa shape index (κ1) is 12.4. The highest BCUT2D eigenvalue weighted by molar-refractivity contribution is 5.39. The molecule has 0 amide bonds. The van der Waals surface area contributed by atoms with Crippen LogP contribution in [0.25, 0.3) is 0 Å². The van der Waals surface area contributed by atoms with E-state index in [0.29, 0.717) is 0 Å². The van der Waals surface area contributed by atoms with E-state index in [1.807, 2.05) is 0 Å². The van der Waals surface area contributed by atoms with Gasteiger partial charge in [-0.1, -0.05) is 12.1 Å². The zero-order chi connectivity index (χ0) is 12.5. The summed E-state index contributed by atoms with van der Waals surface area (Å²) < 4.78 is 5.98. The molecule has 0 aromatic heterocycles. The summed E-state index contributed by atoms with van der Waals surface area (Å²) in [7, 11) is 0. The van der Waals surface area contributed by atoms with Crippen molar-refractivity contribution < 1.29 is 4.74 Å². The van der Waals surface area contributed by atoms with Gasteiger partial charge in [-0.05, 0) is 63.6 Å². The second kappa shape index (κ2) is 4.69. The normalized spacial score (nSPS) is 19.3. The maximum Gasteiger partial charge on any atom is 0.123 e. The Kier molecular flexibility index (Phi) is 3.43. The van der Waals surface area contributed by atoms with E-state index in [1.54, 1.807) is 0 Å². The minimum atomic E-state index is -0.0136. The fourth-order valence-corrected chi connectivity index (χ4v) is 2.26. The molecule has 1 atom stereocenters. The second-order valence-corrected chi connectivity index (χ2v) is 5.82. The lowest BCUT2D eigenvalue weighted by molar-refractivity contribution is 0.0846. The summed E-state index contributed by atoms with van der Waals surface area (Å²) in [6.45, 7) is 6.37. The van der Waals surface area contributed by atoms with Gasteiger partial charge < -0.3 is 10.5 Å². The molecule has 1 aliphatic rings. The quantitative estimate of drug-likeness (QED) is 0.870. The Morgan fingerprint density at radius 2 is 2.18 bits per heavy atom. The van der Waals surface area contributed by atoms with E-state index in [0.717, 1.165) is 31.4 Å². The van der Waals surface area contributed by atoms with Crippen LogP contribution in [0.1, 0.15) is 44.7 Å². The van der Waals surface area contributed by atoms with E-state index in [-0.39, 0.29) is 11.6 Å². The summed E-state index contributed by atoms with van der Waals surface area (Å²) in [5.41, 5.74) is 8.51. The fraction of sp³-hybridized carbons (Fsp3) is 0.600. The van der Waals surface area contributed by atoms with Gasteiger partial charge in [0.1, 0.15) is 11.4 Å². The molecule has 1 aromatic rings. The minimum Gasteiger partial charge on any atom is -0.488 e. The van der Waals surface area contributed by atoms with Gasteiger partial charge in [0.05, 0.1) is 0 Å². The molecule has 1 unspecified atom stereocenters. The third-order valence-electron chi connectivity index (χ3n) is 3.40. The predicted molar refractivity (Wildman–Crippen MR) is 71.4 cm³/mol. The Morgan fingerprint density at radius 3 is 2.88 bits per heavy atom. The van der Waals surface area contributed by atoms with Crippen molar-refractivity contribution in [3.8, 4) is 5.75 Å². The van der Waals surface area contributed by atoms with Gasteiger partial charge in [-0.2, -0.15) is 0 Å². The van der Waals surface area contributed by atoms with Crippen LogP contribution in [-0.2, 0) is 12.8 Å². The van der Waals surface area contributed by atoms with E-state index in [4.69, 9.17) is 10.5 Å². The van der Waals surface area contributed by atoms with Gasteiger partial charge in [0.25, 0.3) is 0 Å². The standard InChI is InChI=1S/C15H23NO/c1-11(16)4-5-12-6-7-14-13(10-12)8-9-15(2,3)17-14/h6-7,10-11H,4-5,8-9,16H2,1-3H3. The molecule has 0 saturated heterocycles. The molecule has 2 rings (SSSR count). The topological polar surface area (TPSA) is 35.2 Å². The van der Waals surface area contributed by atoms with Crippen LogP contribution in [0.15, 0.2) is 18.2 Å². The average Bonchev–Trinajstić information content (AvgIpc) is 2.25. The van der Waals surface area contributed by atoms with Crippen LogP contribution in [0.3, 0.4) is 0 Å². The highest BCUT2D eigenvalue weighted by Crippen LogP contribution is 2.33. The van der Waals surface area contributed by atoms with Crippen LogP contribution in [0, 0.1) is 0 Å². The highest BCUT2D eigenvalue weighted by Gasteiger charge is 2.26. The SMILES string of the molecule is CC(N)CCc1ccc2c(c1)CCC(C)(C)O2. The zero-order valence-corrected chi connectivity index (χ0v) is 11.1. The van der Waals surface area contributed by atoms with Crippen molar-refractivity contribution >= 4 is 0 Å². The first-order valence-electron chi connectivity index (χ1n) is 6.53. The smallest absolute Gasteiger partial charge is 0.123 e. The van der Waals surface area contributed by atoms with Crippen LogP contribution in [-0.4, -0.2) is 11.6 Å². The van der Waals surface area contributed by atoms with Gasteiger partial charge >= 0.3 is 0 Å². The van der Waals surface area contributed by atoms with E-state index in [1.165, 1.54) is 11.1 Å². The first-order valence-corrected chi connectivity index (χ1v) is 6.53. The Balaban J connectivity index is 2.10. The molecule has 1 heterocycles. The molecular formula is C15H23NO. The molecule has 2 N–H and O–H groups in total. The number of ether oxygens (including phenoxy) is 1. The number of hydrogen-bond donors (Lipinski definition) is 1. The number of benzene rings is 1. The van der Waals surface area contributed by atoms with Crippen molar-refractivity contribution in [1.29, 1.82) is 0 Å². The van der Waals surface area contributed by atoms with Gasteiger partial charge in [0.2, 0.25) is 0 Å². The van der Waals surface area contributed by atoms with Crippen molar-refractivity contribution in [2.24, 2.45) is 5.73 Å². The van der Waals surface area contributed by atoms with E-state index >= 15 is 0 Å². The van der Waals surface area contributed by atoms with Gasteiger partial charge in [-0.15, -0.1) is 0 Å². The van der Waals surface area contributed by atoms with Crippen molar-refractivity contribution in [2.45, 2.75) is 58.1 Å². The zero-order valence-electron chi connectivity index (χ0n) is 11.1. The predicted octanol–water partition coefficient (Wildman–Crippen LogP) is 3.07. The van der Waals surface area contributed by atoms with E-state index in [9.17, 15) is 0 Å². The number of rotatable bonds is 3. The fourth-order valence-electron chi connectivity index (χ4n) is 2.26. The average molecular weight is 233 g/mol. The summed E-state index contributed by atoms with van der Waals surface area (Å²) in [6.07, 6.45) is 4.32. The molecule has 2 heteroatoms. The highest BCUT2D eigenvalue weighted by atomic mass is 16.5. The van der Waals surface area contributed by atoms with Crippen LogP contribution in [0.4, 0.5) is 0 Å². The third-order valence-corrected chi connectivity index (χ3v) is 3.40. The molecule has 0 fully saturated rings. The molecule has 0 saturated carbocycles. The molecule has 0 aliphatic carbocycles. The molecule has 0 radical (unpaired) electrons. The maximum atomic E-state index is 5.98. The van der Waals surface area contributed by atoms with Gasteiger partial charge in [-0.25, -0.2) is 0 Å². The van der Waals surface area contributed by atoms with Crippen LogP contribution >= 0.6 is 0 Å². The molecular weight excluding hydrogens is 210 g/mol. The Morgan fingerprint density at radius 1 is 1.41 bits per heavy atom. The molecule has 17 heavy (non-hydrogen) atoms. The maximum absolute atomic E-state index is 5.98. The van der Waals surface area contributed by atoms with Crippen molar-refractivity contribution in [2.75, 3.05) is 0 Å². The van der Waals surface area contributed by atoms with E-state index < -0.39 is 0 Å². The van der Waals surface area contributed by atoms with Gasteiger partial charge in [0, 0.05) is 6.04 Å². The molecule has 0 bridgehead atoms. The summed E-state index contributed by atoms with van der Waals surface area (Å²) >= 11 is 0. The minimum absolute atomic E-state index is 0.0136. The number of aryl methyl sites for hydroxylation is 2. The van der Waals surface area contributed by atoms with Gasteiger partial charge in [-0.3, -0.25) is 0 Å². The lowest BCUT2D eigenvalue weighted by Crippen LogP contribution is -2.32. The van der Waals surface area contributed by atoms with Crippen molar-refractivity contribution in [1.82, 2.24) is 0 Å². The first-order chi connectivity index (χ1) is 7.96.